The van der Waals surface area contributed by atoms with E-state index in [-0.39, 0.29) is 0 Å². The molecule has 1 aromatic rings. The second kappa shape index (κ2) is 7.07. The van der Waals surface area contributed by atoms with Crippen molar-refractivity contribution in [2.75, 3.05) is 20.2 Å². The Kier molecular flexibility index (Phi) is 5.70. The first-order chi connectivity index (χ1) is 8.19. The molecule has 0 heterocycles. The third kappa shape index (κ3) is 4.19. The molecule has 3 nitrogen and oxygen atoms in total. The number of rotatable bonds is 7. The van der Waals surface area contributed by atoms with E-state index >= 15 is 0 Å². The van der Waals surface area contributed by atoms with Crippen LogP contribution in [0.1, 0.15) is 30.9 Å². The third-order valence-corrected chi connectivity index (χ3v) is 2.78. The van der Waals surface area contributed by atoms with Gasteiger partial charge in [0, 0.05) is 0 Å². The van der Waals surface area contributed by atoms with Gasteiger partial charge in [-0.15, -0.1) is 0 Å². The van der Waals surface area contributed by atoms with Crippen LogP contribution in [0.4, 0.5) is 0 Å². The largest absolute Gasteiger partial charge is 0.496 e. The molecule has 1 aromatic carbocycles. The van der Waals surface area contributed by atoms with Gasteiger partial charge in [0.1, 0.15) is 12.0 Å². The maximum Gasteiger partial charge on any atom is 0.133 e. The van der Waals surface area contributed by atoms with Crippen LogP contribution in [-0.4, -0.2) is 26.5 Å². The molecule has 0 saturated heterocycles. The Labute approximate surface area is 103 Å². The molecule has 0 atom stereocenters. The van der Waals surface area contributed by atoms with Crippen LogP contribution in [0.5, 0.6) is 5.75 Å². The minimum atomic E-state index is 0.409. The topological polar surface area (TPSA) is 38.3 Å². The molecule has 0 aliphatic rings. The van der Waals surface area contributed by atoms with E-state index < -0.39 is 0 Å². The predicted octanol–water partition coefficient (Wildman–Crippen LogP) is 2.15. The van der Waals surface area contributed by atoms with E-state index in [4.69, 9.17) is 4.74 Å². The fourth-order valence-electron chi connectivity index (χ4n) is 1.71. The number of carbonyl (C=O) groups excluding carboxylic acids is 1. The highest BCUT2D eigenvalue weighted by Gasteiger charge is 2.06. The van der Waals surface area contributed by atoms with Crippen LogP contribution >= 0.6 is 0 Å². The first-order valence-electron chi connectivity index (χ1n) is 6.00. The lowest BCUT2D eigenvalue weighted by atomic mass is 10.00. The second-order valence-electron chi connectivity index (χ2n) is 4.35. The number of hydrogen-bond donors (Lipinski definition) is 1. The van der Waals surface area contributed by atoms with Crippen molar-refractivity contribution in [1.82, 2.24) is 5.32 Å². The van der Waals surface area contributed by atoms with Crippen LogP contribution in [0.15, 0.2) is 18.2 Å². The minimum Gasteiger partial charge on any atom is -0.496 e. The molecule has 1 N–H and O–H groups in total. The Morgan fingerprint density at radius 1 is 1.41 bits per heavy atom. The summed E-state index contributed by atoms with van der Waals surface area (Å²) in [7, 11) is 1.70. The van der Waals surface area contributed by atoms with E-state index in [1.54, 1.807) is 7.11 Å². The van der Waals surface area contributed by atoms with Crippen LogP contribution in [0.2, 0.25) is 0 Å². The van der Waals surface area contributed by atoms with Gasteiger partial charge in [0.2, 0.25) is 0 Å². The molecular formula is C14H21NO2. The molecule has 17 heavy (non-hydrogen) atoms. The van der Waals surface area contributed by atoms with Gasteiger partial charge < -0.3 is 14.8 Å². The molecule has 94 valence electrons. The number of methoxy groups -OCH3 is 1. The fourth-order valence-corrected chi connectivity index (χ4v) is 1.71. The highest BCUT2D eigenvalue weighted by molar-refractivity contribution is 5.51. The van der Waals surface area contributed by atoms with Crippen molar-refractivity contribution < 1.29 is 9.53 Å². The molecule has 0 aromatic heterocycles. The van der Waals surface area contributed by atoms with Crippen LogP contribution < -0.4 is 10.1 Å². The number of aldehydes is 1. The SMILES string of the molecule is COc1cc(C(C)C)ccc1CCNCC=O. The highest BCUT2D eigenvalue weighted by Crippen LogP contribution is 2.24. The van der Waals surface area contributed by atoms with Gasteiger partial charge in [-0.3, -0.25) is 0 Å². The van der Waals surface area contributed by atoms with Crippen molar-refractivity contribution in [3.05, 3.63) is 29.3 Å². The van der Waals surface area contributed by atoms with Gasteiger partial charge in [-0.25, -0.2) is 0 Å². The van der Waals surface area contributed by atoms with Crippen LogP contribution in [0, 0.1) is 0 Å². The summed E-state index contributed by atoms with van der Waals surface area (Å²) in [5.41, 5.74) is 2.46. The summed E-state index contributed by atoms with van der Waals surface area (Å²) in [6.45, 7) is 5.53. The van der Waals surface area contributed by atoms with Crippen LogP contribution in [0.25, 0.3) is 0 Å². The summed E-state index contributed by atoms with van der Waals surface area (Å²) >= 11 is 0. The van der Waals surface area contributed by atoms with Crippen LogP contribution in [0.3, 0.4) is 0 Å². The molecule has 0 radical (unpaired) electrons. The van der Waals surface area contributed by atoms with Gasteiger partial charge in [0.05, 0.1) is 13.7 Å². The average molecular weight is 235 g/mol. The van der Waals surface area contributed by atoms with Gasteiger partial charge >= 0.3 is 0 Å². The summed E-state index contributed by atoms with van der Waals surface area (Å²) in [5.74, 6) is 1.44. The first-order valence-corrected chi connectivity index (χ1v) is 6.00. The Hall–Kier alpha value is -1.35. The number of nitrogens with one attached hydrogen (secondary N) is 1. The lowest BCUT2D eigenvalue weighted by Gasteiger charge is -2.12. The molecule has 0 aliphatic heterocycles. The summed E-state index contributed by atoms with van der Waals surface area (Å²) in [6.07, 6.45) is 1.74. The molecule has 0 unspecified atom stereocenters. The summed E-state index contributed by atoms with van der Waals surface area (Å²) in [4.78, 5) is 10.2. The summed E-state index contributed by atoms with van der Waals surface area (Å²) in [5, 5.41) is 3.05. The average Bonchev–Trinajstić information content (AvgIpc) is 2.34. The zero-order chi connectivity index (χ0) is 12.7. The minimum absolute atomic E-state index is 0.409. The highest BCUT2D eigenvalue weighted by atomic mass is 16.5. The number of carbonyl (C=O) groups is 1. The van der Waals surface area contributed by atoms with Gasteiger partial charge in [-0.2, -0.15) is 0 Å². The first kappa shape index (κ1) is 13.7. The summed E-state index contributed by atoms with van der Waals surface area (Å²) < 4.78 is 5.40. The molecule has 0 bridgehead atoms. The van der Waals surface area contributed by atoms with Gasteiger partial charge in [0.15, 0.2) is 0 Å². The van der Waals surface area contributed by atoms with E-state index in [0.29, 0.717) is 12.5 Å². The Balaban J connectivity index is 2.68. The standard InChI is InChI=1S/C14H21NO2/c1-11(2)13-5-4-12(14(10-13)17-3)6-7-15-8-9-16/h4-5,9-11,15H,6-8H2,1-3H3. The molecule has 1 rings (SSSR count). The zero-order valence-electron chi connectivity index (χ0n) is 10.8. The molecular weight excluding hydrogens is 214 g/mol. The van der Waals surface area contributed by atoms with Gasteiger partial charge in [-0.05, 0) is 36.1 Å². The summed E-state index contributed by atoms with van der Waals surface area (Å²) in [6, 6.07) is 6.35. The molecule has 0 amide bonds. The predicted molar refractivity (Wildman–Crippen MR) is 69.7 cm³/mol. The van der Waals surface area contributed by atoms with Crippen molar-refractivity contribution in [3.8, 4) is 5.75 Å². The Morgan fingerprint density at radius 3 is 2.76 bits per heavy atom. The Bertz CT molecular complexity index is 361. The maximum atomic E-state index is 10.2. The van der Waals surface area contributed by atoms with E-state index in [1.165, 1.54) is 11.1 Å². The molecule has 3 heteroatoms. The number of hydrogen-bond acceptors (Lipinski definition) is 3. The smallest absolute Gasteiger partial charge is 0.133 e. The van der Waals surface area contributed by atoms with Crippen molar-refractivity contribution in [3.63, 3.8) is 0 Å². The van der Waals surface area contributed by atoms with Crippen LogP contribution in [-0.2, 0) is 11.2 Å². The van der Waals surface area contributed by atoms with E-state index in [1.807, 2.05) is 0 Å². The Morgan fingerprint density at radius 2 is 2.18 bits per heavy atom. The molecule has 0 fully saturated rings. The fraction of sp³-hybridized carbons (Fsp3) is 0.500. The normalized spacial score (nSPS) is 10.6. The van der Waals surface area contributed by atoms with Gasteiger partial charge in [0.25, 0.3) is 0 Å². The van der Waals surface area contributed by atoms with Crippen molar-refractivity contribution >= 4 is 6.29 Å². The maximum absolute atomic E-state index is 10.2. The van der Waals surface area contributed by atoms with Crippen molar-refractivity contribution in [1.29, 1.82) is 0 Å². The van der Waals surface area contributed by atoms with Crippen molar-refractivity contribution in [2.45, 2.75) is 26.2 Å². The molecule has 0 spiro atoms. The monoisotopic (exact) mass is 235 g/mol. The third-order valence-electron chi connectivity index (χ3n) is 2.78. The molecule has 0 aliphatic carbocycles. The lowest BCUT2D eigenvalue weighted by Crippen LogP contribution is -2.19. The number of benzene rings is 1. The van der Waals surface area contributed by atoms with Crippen molar-refractivity contribution in [2.24, 2.45) is 0 Å². The zero-order valence-corrected chi connectivity index (χ0v) is 10.8. The second-order valence-corrected chi connectivity index (χ2v) is 4.35. The molecule has 0 saturated carbocycles. The van der Waals surface area contributed by atoms with E-state index in [0.717, 1.165) is 25.0 Å². The van der Waals surface area contributed by atoms with E-state index in [2.05, 4.69) is 37.4 Å². The van der Waals surface area contributed by atoms with Gasteiger partial charge in [-0.1, -0.05) is 26.0 Å². The number of ether oxygens (including phenoxy) is 1. The lowest BCUT2D eigenvalue weighted by molar-refractivity contribution is -0.107. The quantitative estimate of drug-likeness (QED) is 0.581. The van der Waals surface area contributed by atoms with E-state index in [9.17, 15) is 4.79 Å².